The highest BCUT2D eigenvalue weighted by atomic mass is 19.1. The van der Waals surface area contributed by atoms with Crippen LogP contribution in [0.25, 0.3) is 10.8 Å². The van der Waals surface area contributed by atoms with Gasteiger partial charge in [-0.25, -0.2) is 4.39 Å². The highest BCUT2D eigenvalue weighted by Gasteiger charge is 2.13. The summed E-state index contributed by atoms with van der Waals surface area (Å²) in [6.07, 6.45) is 0.627. The first-order valence-electron chi connectivity index (χ1n) is 7.20. The first-order chi connectivity index (χ1) is 10.3. The minimum Gasteiger partial charge on any atom is -0.330 e. The van der Waals surface area contributed by atoms with E-state index in [2.05, 4.69) is 30.3 Å². The zero-order valence-electron chi connectivity index (χ0n) is 11.8. The topological polar surface area (TPSA) is 26.0 Å². The Morgan fingerprint density at radius 3 is 2.33 bits per heavy atom. The molecule has 0 unspecified atom stereocenters. The SMILES string of the molecule is NC[C@@H](Cc1ccccc1F)c1ccc2ccccc2c1. The maximum atomic E-state index is 13.8. The minimum atomic E-state index is -0.156. The molecule has 0 saturated heterocycles. The second kappa shape index (κ2) is 6.06. The second-order valence-electron chi connectivity index (χ2n) is 5.33. The van der Waals surface area contributed by atoms with Crippen LogP contribution in [0.15, 0.2) is 66.7 Å². The van der Waals surface area contributed by atoms with E-state index in [1.807, 2.05) is 24.3 Å². The molecule has 0 radical (unpaired) electrons. The number of hydrogen-bond donors (Lipinski definition) is 1. The Hall–Kier alpha value is -2.19. The molecule has 0 saturated carbocycles. The molecule has 0 bridgehead atoms. The summed E-state index contributed by atoms with van der Waals surface area (Å²) in [7, 11) is 0. The molecule has 3 rings (SSSR count). The van der Waals surface area contributed by atoms with Gasteiger partial charge in [-0.2, -0.15) is 0 Å². The van der Waals surface area contributed by atoms with Gasteiger partial charge in [-0.15, -0.1) is 0 Å². The molecule has 21 heavy (non-hydrogen) atoms. The molecule has 0 fully saturated rings. The zero-order valence-corrected chi connectivity index (χ0v) is 11.8. The molecule has 2 heteroatoms. The molecule has 0 spiro atoms. The fourth-order valence-corrected chi connectivity index (χ4v) is 2.73. The third kappa shape index (κ3) is 2.96. The van der Waals surface area contributed by atoms with Crippen molar-refractivity contribution in [2.24, 2.45) is 5.73 Å². The van der Waals surface area contributed by atoms with Gasteiger partial charge in [-0.3, -0.25) is 0 Å². The Kier molecular flexibility index (Phi) is 3.98. The highest BCUT2D eigenvalue weighted by molar-refractivity contribution is 5.83. The van der Waals surface area contributed by atoms with Gasteiger partial charge in [-0.1, -0.05) is 60.7 Å². The van der Waals surface area contributed by atoms with Crippen molar-refractivity contribution in [3.05, 3.63) is 83.7 Å². The third-order valence-corrected chi connectivity index (χ3v) is 3.95. The van der Waals surface area contributed by atoms with Gasteiger partial charge in [0, 0.05) is 5.92 Å². The number of benzene rings is 3. The van der Waals surface area contributed by atoms with Crippen LogP contribution in [0, 0.1) is 5.82 Å². The Bertz CT molecular complexity index is 751. The van der Waals surface area contributed by atoms with Crippen LogP contribution in [-0.4, -0.2) is 6.54 Å². The molecular formula is C19H18FN. The Morgan fingerprint density at radius 1 is 0.857 bits per heavy atom. The quantitative estimate of drug-likeness (QED) is 0.758. The van der Waals surface area contributed by atoms with Crippen LogP contribution >= 0.6 is 0 Å². The number of nitrogens with two attached hydrogens (primary N) is 1. The minimum absolute atomic E-state index is 0.131. The molecular weight excluding hydrogens is 261 g/mol. The van der Waals surface area contributed by atoms with E-state index >= 15 is 0 Å². The van der Waals surface area contributed by atoms with Gasteiger partial charge in [0.15, 0.2) is 0 Å². The normalized spacial score (nSPS) is 12.5. The van der Waals surface area contributed by atoms with Gasteiger partial charge < -0.3 is 5.73 Å². The zero-order chi connectivity index (χ0) is 14.7. The van der Waals surface area contributed by atoms with E-state index in [0.29, 0.717) is 13.0 Å². The van der Waals surface area contributed by atoms with Crippen LogP contribution in [0.4, 0.5) is 4.39 Å². The van der Waals surface area contributed by atoms with Crippen molar-refractivity contribution < 1.29 is 4.39 Å². The largest absolute Gasteiger partial charge is 0.330 e. The van der Waals surface area contributed by atoms with E-state index in [1.54, 1.807) is 6.07 Å². The predicted octanol–water partition coefficient (Wildman–Crippen LogP) is 4.26. The average Bonchev–Trinajstić information content (AvgIpc) is 2.54. The van der Waals surface area contributed by atoms with Crippen molar-refractivity contribution in [3.63, 3.8) is 0 Å². The van der Waals surface area contributed by atoms with Gasteiger partial charge in [0.25, 0.3) is 0 Å². The summed E-state index contributed by atoms with van der Waals surface area (Å²) in [6.45, 7) is 0.507. The van der Waals surface area contributed by atoms with Crippen LogP contribution in [-0.2, 0) is 6.42 Å². The number of hydrogen-bond acceptors (Lipinski definition) is 1. The van der Waals surface area contributed by atoms with E-state index in [4.69, 9.17) is 5.73 Å². The molecule has 0 aliphatic carbocycles. The van der Waals surface area contributed by atoms with E-state index in [-0.39, 0.29) is 11.7 Å². The first kappa shape index (κ1) is 13.8. The van der Waals surface area contributed by atoms with Crippen LogP contribution in [0.3, 0.4) is 0 Å². The molecule has 3 aromatic rings. The molecule has 0 heterocycles. The summed E-state index contributed by atoms with van der Waals surface area (Å²) in [5.41, 5.74) is 7.81. The first-order valence-corrected chi connectivity index (χ1v) is 7.20. The number of halogens is 1. The standard InChI is InChI=1S/C19H18FN/c20-19-8-4-3-7-17(19)12-18(13-21)16-10-9-14-5-1-2-6-15(14)11-16/h1-11,18H,12-13,21H2/t18-/m1/s1. The summed E-state index contributed by atoms with van der Waals surface area (Å²) in [4.78, 5) is 0. The van der Waals surface area contributed by atoms with Gasteiger partial charge in [0.1, 0.15) is 5.82 Å². The van der Waals surface area contributed by atoms with Crippen molar-refractivity contribution in [3.8, 4) is 0 Å². The second-order valence-corrected chi connectivity index (χ2v) is 5.33. The molecule has 1 nitrogen and oxygen atoms in total. The molecule has 0 aliphatic rings. The van der Waals surface area contributed by atoms with E-state index in [1.165, 1.54) is 22.4 Å². The Morgan fingerprint density at radius 2 is 1.57 bits per heavy atom. The lowest BCUT2D eigenvalue weighted by molar-refractivity contribution is 0.590. The van der Waals surface area contributed by atoms with Crippen LogP contribution in [0.5, 0.6) is 0 Å². The summed E-state index contributed by atoms with van der Waals surface area (Å²) >= 11 is 0. The van der Waals surface area contributed by atoms with Gasteiger partial charge in [-0.05, 0) is 40.9 Å². The molecule has 0 aliphatic heterocycles. The maximum Gasteiger partial charge on any atom is 0.126 e. The van der Waals surface area contributed by atoms with Crippen molar-refractivity contribution in [2.75, 3.05) is 6.54 Å². The fourth-order valence-electron chi connectivity index (χ4n) is 2.73. The smallest absolute Gasteiger partial charge is 0.126 e. The maximum absolute atomic E-state index is 13.8. The van der Waals surface area contributed by atoms with Gasteiger partial charge in [0.2, 0.25) is 0 Å². The molecule has 106 valence electrons. The predicted molar refractivity (Wildman–Crippen MR) is 85.8 cm³/mol. The Labute approximate surface area is 124 Å². The summed E-state index contributed by atoms with van der Waals surface area (Å²) < 4.78 is 13.8. The number of rotatable bonds is 4. The van der Waals surface area contributed by atoms with Crippen molar-refractivity contribution in [1.82, 2.24) is 0 Å². The van der Waals surface area contributed by atoms with Crippen molar-refractivity contribution >= 4 is 10.8 Å². The van der Waals surface area contributed by atoms with Gasteiger partial charge in [0.05, 0.1) is 0 Å². The summed E-state index contributed by atoms with van der Waals surface area (Å²) in [5, 5.41) is 2.41. The number of fused-ring (bicyclic) bond motifs is 1. The lowest BCUT2D eigenvalue weighted by atomic mass is 9.90. The molecule has 2 N–H and O–H groups in total. The monoisotopic (exact) mass is 279 g/mol. The van der Waals surface area contributed by atoms with E-state index < -0.39 is 0 Å². The van der Waals surface area contributed by atoms with Crippen LogP contribution in [0.1, 0.15) is 17.0 Å². The Balaban J connectivity index is 1.93. The van der Waals surface area contributed by atoms with E-state index in [9.17, 15) is 4.39 Å². The van der Waals surface area contributed by atoms with Crippen molar-refractivity contribution in [1.29, 1.82) is 0 Å². The molecule has 1 atom stereocenters. The van der Waals surface area contributed by atoms with Crippen molar-refractivity contribution in [2.45, 2.75) is 12.3 Å². The molecule has 3 aromatic carbocycles. The lowest BCUT2D eigenvalue weighted by Gasteiger charge is -2.16. The summed E-state index contributed by atoms with van der Waals surface area (Å²) in [6, 6.07) is 21.5. The third-order valence-electron chi connectivity index (χ3n) is 3.95. The molecule has 0 aromatic heterocycles. The van der Waals surface area contributed by atoms with Crippen LogP contribution < -0.4 is 5.73 Å². The van der Waals surface area contributed by atoms with E-state index in [0.717, 1.165) is 5.56 Å². The highest BCUT2D eigenvalue weighted by Crippen LogP contribution is 2.25. The van der Waals surface area contributed by atoms with Crippen LogP contribution in [0.2, 0.25) is 0 Å². The summed E-state index contributed by atoms with van der Waals surface area (Å²) in [5.74, 6) is -0.0248. The lowest BCUT2D eigenvalue weighted by Crippen LogP contribution is -2.15. The van der Waals surface area contributed by atoms with Gasteiger partial charge >= 0.3 is 0 Å². The molecule has 0 amide bonds. The average molecular weight is 279 g/mol. The fraction of sp³-hybridized carbons (Fsp3) is 0.158.